The summed E-state index contributed by atoms with van der Waals surface area (Å²) in [6.07, 6.45) is -0.309. The summed E-state index contributed by atoms with van der Waals surface area (Å²) in [5, 5.41) is -0.340. The molecule has 1 fully saturated rings. The van der Waals surface area contributed by atoms with Crippen LogP contribution >= 0.6 is 15.9 Å². The lowest BCUT2D eigenvalue weighted by molar-refractivity contribution is -0.171. The van der Waals surface area contributed by atoms with Crippen molar-refractivity contribution in [3.8, 4) is 0 Å². The summed E-state index contributed by atoms with van der Waals surface area (Å²) in [5.41, 5.74) is 0. The summed E-state index contributed by atoms with van der Waals surface area (Å²) in [4.78, 5) is 21.5. The predicted octanol–water partition coefficient (Wildman–Crippen LogP) is 0.991. The number of hydrogen-bond acceptors (Lipinski definition) is 5. The lowest BCUT2D eigenvalue weighted by atomic mass is 10.1. The zero-order valence-electron chi connectivity index (χ0n) is 8.57. The molecule has 1 aliphatic heterocycles. The van der Waals surface area contributed by atoms with Gasteiger partial charge in [0.25, 0.3) is 0 Å². The Hall–Kier alpha value is -0.620. The van der Waals surface area contributed by atoms with Gasteiger partial charge < -0.3 is 14.2 Å². The summed E-state index contributed by atoms with van der Waals surface area (Å²) < 4.78 is 15.3. The number of alkyl halides is 1. The molecule has 86 valence electrons. The van der Waals surface area contributed by atoms with Crippen molar-refractivity contribution >= 4 is 27.9 Å². The third-order valence-corrected chi connectivity index (χ3v) is 2.73. The average Bonchev–Trinajstić information content (AvgIpc) is 2.09. The summed E-state index contributed by atoms with van der Waals surface area (Å²) in [7, 11) is 0. The second-order valence-corrected chi connectivity index (χ2v) is 4.20. The lowest BCUT2D eigenvalue weighted by Crippen LogP contribution is -2.42. The van der Waals surface area contributed by atoms with Gasteiger partial charge in [-0.15, -0.1) is 0 Å². The van der Waals surface area contributed by atoms with Crippen molar-refractivity contribution in [2.45, 2.75) is 37.5 Å². The van der Waals surface area contributed by atoms with Crippen LogP contribution in [0.4, 0.5) is 0 Å². The number of carbonyl (C=O) groups excluding carboxylic acids is 2. The Labute approximate surface area is 96.2 Å². The molecule has 0 saturated carbocycles. The maximum Gasteiger partial charge on any atom is 0.303 e. The van der Waals surface area contributed by atoms with Crippen LogP contribution in [0.5, 0.6) is 0 Å². The summed E-state index contributed by atoms with van der Waals surface area (Å²) in [6, 6.07) is 0. The Morgan fingerprint density at radius 2 is 1.87 bits per heavy atom. The van der Waals surface area contributed by atoms with Crippen LogP contribution in [0.25, 0.3) is 0 Å². The minimum Gasteiger partial charge on any atom is -0.460 e. The molecular formula is C9H13BrO5. The maximum atomic E-state index is 10.8. The second-order valence-electron chi connectivity index (χ2n) is 3.30. The first-order chi connectivity index (χ1) is 6.99. The Bertz CT molecular complexity index is 255. The largest absolute Gasteiger partial charge is 0.460 e. The molecule has 0 aromatic carbocycles. The van der Waals surface area contributed by atoms with E-state index in [4.69, 9.17) is 14.2 Å². The van der Waals surface area contributed by atoms with Crippen LogP contribution in [0, 0.1) is 0 Å². The normalized spacial score (nSPS) is 30.7. The van der Waals surface area contributed by atoms with Crippen LogP contribution in [-0.2, 0) is 23.8 Å². The van der Waals surface area contributed by atoms with E-state index in [1.807, 2.05) is 0 Å². The zero-order valence-corrected chi connectivity index (χ0v) is 10.2. The smallest absolute Gasteiger partial charge is 0.303 e. The van der Waals surface area contributed by atoms with Gasteiger partial charge in [0.05, 0.1) is 6.61 Å². The number of esters is 2. The highest BCUT2D eigenvalue weighted by Crippen LogP contribution is 2.23. The summed E-state index contributed by atoms with van der Waals surface area (Å²) in [5.74, 6) is -0.741. The molecular weight excluding hydrogens is 268 g/mol. The summed E-state index contributed by atoms with van der Waals surface area (Å²) in [6.45, 7) is 2.98. The molecule has 0 bridgehead atoms. The molecule has 0 N–H and O–H groups in total. The average molecular weight is 281 g/mol. The van der Waals surface area contributed by atoms with E-state index in [2.05, 4.69) is 15.9 Å². The van der Waals surface area contributed by atoms with Crippen LogP contribution in [-0.4, -0.2) is 35.8 Å². The van der Waals surface area contributed by atoms with E-state index in [1.165, 1.54) is 13.8 Å². The maximum absolute atomic E-state index is 10.8. The monoisotopic (exact) mass is 280 g/mol. The molecule has 0 aromatic rings. The lowest BCUT2D eigenvalue weighted by Gasteiger charge is -2.32. The van der Waals surface area contributed by atoms with E-state index in [-0.39, 0.29) is 23.1 Å². The van der Waals surface area contributed by atoms with Crippen molar-refractivity contribution in [2.75, 3.05) is 6.61 Å². The molecule has 0 spiro atoms. The van der Waals surface area contributed by atoms with Gasteiger partial charge in [-0.25, -0.2) is 0 Å². The fraction of sp³-hybridized carbons (Fsp3) is 0.778. The van der Waals surface area contributed by atoms with Gasteiger partial charge in [0, 0.05) is 20.3 Å². The van der Waals surface area contributed by atoms with Gasteiger partial charge in [0.2, 0.25) is 0 Å². The van der Waals surface area contributed by atoms with E-state index < -0.39 is 6.10 Å². The highest BCUT2D eigenvalue weighted by Gasteiger charge is 2.33. The van der Waals surface area contributed by atoms with Gasteiger partial charge in [-0.05, 0) is 0 Å². The van der Waals surface area contributed by atoms with Gasteiger partial charge in [-0.3, -0.25) is 9.59 Å². The van der Waals surface area contributed by atoms with Gasteiger partial charge in [-0.2, -0.15) is 0 Å². The minimum atomic E-state index is -0.416. The second kappa shape index (κ2) is 5.46. The van der Waals surface area contributed by atoms with Gasteiger partial charge in [-0.1, -0.05) is 15.9 Å². The van der Waals surface area contributed by atoms with Crippen molar-refractivity contribution < 1.29 is 23.8 Å². The van der Waals surface area contributed by atoms with Crippen LogP contribution in [0.1, 0.15) is 20.3 Å². The molecule has 1 saturated heterocycles. The van der Waals surface area contributed by atoms with E-state index in [0.717, 1.165) is 0 Å². The third kappa shape index (κ3) is 4.17. The highest BCUT2D eigenvalue weighted by atomic mass is 79.9. The Kier molecular flexibility index (Phi) is 4.53. The fourth-order valence-electron chi connectivity index (χ4n) is 1.37. The zero-order chi connectivity index (χ0) is 11.4. The molecule has 15 heavy (non-hydrogen) atoms. The number of halogens is 1. The SMILES string of the molecule is CC(=O)O[C@@H]1CO[C@@H](Br)[C@@H](OC(C)=O)C1. The van der Waals surface area contributed by atoms with Gasteiger partial charge >= 0.3 is 11.9 Å². The standard InChI is InChI=1S/C9H13BrO5/c1-5(11)14-7-3-8(15-6(2)12)9(10)13-4-7/h7-9H,3-4H2,1-2H3/t7-,8-,9+/m0/s1. The number of hydrogen-bond donors (Lipinski definition) is 0. The highest BCUT2D eigenvalue weighted by molar-refractivity contribution is 9.09. The molecule has 5 nitrogen and oxygen atoms in total. The topological polar surface area (TPSA) is 61.8 Å². The third-order valence-electron chi connectivity index (χ3n) is 1.88. The van der Waals surface area contributed by atoms with E-state index >= 15 is 0 Å². The van der Waals surface area contributed by atoms with E-state index in [0.29, 0.717) is 13.0 Å². The first-order valence-electron chi connectivity index (χ1n) is 4.59. The number of ether oxygens (including phenoxy) is 3. The van der Waals surface area contributed by atoms with Crippen LogP contribution in [0.2, 0.25) is 0 Å². The molecule has 0 radical (unpaired) electrons. The Morgan fingerprint density at radius 1 is 1.27 bits per heavy atom. The molecule has 0 unspecified atom stereocenters. The molecule has 0 aliphatic carbocycles. The number of rotatable bonds is 2. The van der Waals surface area contributed by atoms with Crippen LogP contribution < -0.4 is 0 Å². The van der Waals surface area contributed by atoms with Crippen LogP contribution in [0.15, 0.2) is 0 Å². The first kappa shape index (κ1) is 12.4. The van der Waals surface area contributed by atoms with Crippen LogP contribution in [0.3, 0.4) is 0 Å². The Morgan fingerprint density at radius 3 is 2.40 bits per heavy atom. The Balaban J connectivity index is 2.47. The molecule has 1 aliphatic rings. The van der Waals surface area contributed by atoms with Crippen molar-refractivity contribution in [3.05, 3.63) is 0 Å². The van der Waals surface area contributed by atoms with E-state index in [1.54, 1.807) is 0 Å². The molecule has 6 heteroatoms. The van der Waals surface area contributed by atoms with Gasteiger partial charge in [0.15, 0.2) is 0 Å². The fourth-order valence-corrected chi connectivity index (χ4v) is 1.85. The molecule has 0 aromatic heterocycles. The summed E-state index contributed by atoms with van der Waals surface area (Å²) >= 11 is 3.24. The molecule has 1 heterocycles. The van der Waals surface area contributed by atoms with Crippen molar-refractivity contribution in [1.82, 2.24) is 0 Å². The van der Waals surface area contributed by atoms with Crippen molar-refractivity contribution in [2.24, 2.45) is 0 Å². The van der Waals surface area contributed by atoms with E-state index in [9.17, 15) is 9.59 Å². The van der Waals surface area contributed by atoms with Gasteiger partial charge in [0.1, 0.15) is 17.2 Å². The molecule has 1 rings (SSSR count). The first-order valence-corrected chi connectivity index (χ1v) is 5.50. The molecule has 0 amide bonds. The number of carbonyl (C=O) groups is 2. The minimum absolute atomic E-state index is 0.313. The van der Waals surface area contributed by atoms with Crippen molar-refractivity contribution in [1.29, 1.82) is 0 Å². The predicted molar refractivity (Wildman–Crippen MR) is 54.4 cm³/mol. The quantitative estimate of drug-likeness (QED) is 0.558. The molecule has 3 atom stereocenters. The van der Waals surface area contributed by atoms with Crippen molar-refractivity contribution in [3.63, 3.8) is 0 Å².